The predicted octanol–water partition coefficient (Wildman–Crippen LogP) is 4.96. The molecule has 2 aromatic carbocycles. The molecule has 6 heteroatoms. The number of hydrogen-bond donors (Lipinski definition) is 2. The van der Waals surface area contributed by atoms with E-state index >= 15 is 0 Å². The van der Waals surface area contributed by atoms with Crippen molar-refractivity contribution in [2.45, 2.75) is 45.7 Å². The zero-order chi connectivity index (χ0) is 24.0. The molecule has 0 saturated heterocycles. The SMILES string of the molecule is CC(=O)C(CC(C)C)NC(=O)CC(C(=O)O)n1ccc(-c2ccc(-c3ccccc3)cc2)c1. The maximum atomic E-state index is 12.5. The van der Waals surface area contributed by atoms with Gasteiger partial charge in [-0.25, -0.2) is 4.79 Å². The molecule has 0 aliphatic heterocycles. The Morgan fingerprint density at radius 2 is 1.45 bits per heavy atom. The number of aromatic nitrogens is 1. The van der Waals surface area contributed by atoms with E-state index < -0.39 is 24.0 Å². The van der Waals surface area contributed by atoms with Crippen LogP contribution in [-0.2, 0) is 14.4 Å². The molecule has 1 aromatic heterocycles. The molecule has 3 aromatic rings. The lowest BCUT2D eigenvalue weighted by Crippen LogP contribution is -2.42. The molecule has 33 heavy (non-hydrogen) atoms. The Balaban J connectivity index is 1.73. The van der Waals surface area contributed by atoms with Crippen molar-refractivity contribution < 1.29 is 19.5 Å². The summed E-state index contributed by atoms with van der Waals surface area (Å²) in [7, 11) is 0. The average molecular weight is 447 g/mol. The molecule has 0 saturated carbocycles. The zero-order valence-electron chi connectivity index (χ0n) is 19.2. The predicted molar refractivity (Wildman–Crippen MR) is 129 cm³/mol. The smallest absolute Gasteiger partial charge is 0.327 e. The number of nitrogens with zero attached hydrogens (tertiary/aromatic N) is 1. The fraction of sp³-hybridized carbons (Fsp3) is 0.296. The summed E-state index contributed by atoms with van der Waals surface area (Å²) < 4.78 is 1.54. The van der Waals surface area contributed by atoms with Gasteiger partial charge >= 0.3 is 5.97 Å². The number of amides is 1. The number of aliphatic carboxylic acids is 1. The Morgan fingerprint density at radius 3 is 2.00 bits per heavy atom. The van der Waals surface area contributed by atoms with Crippen LogP contribution in [0.25, 0.3) is 22.3 Å². The lowest BCUT2D eigenvalue weighted by atomic mass is 10.0. The highest BCUT2D eigenvalue weighted by molar-refractivity contribution is 5.89. The Labute approximate surface area is 194 Å². The summed E-state index contributed by atoms with van der Waals surface area (Å²) >= 11 is 0. The number of hydrogen-bond acceptors (Lipinski definition) is 3. The first-order chi connectivity index (χ1) is 15.7. The van der Waals surface area contributed by atoms with E-state index in [1.807, 2.05) is 74.5 Å². The molecule has 3 rings (SSSR count). The molecule has 0 aliphatic carbocycles. The van der Waals surface area contributed by atoms with Crippen molar-refractivity contribution >= 4 is 17.7 Å². The molecule has 2 N–H and O–H groups in total. The Bertz CT molecular complexity index is 1100. The van der Waals surface area contributed by atoms with Gasteiger partial charge in [0.1, 0.15) is 6.04 Å². The molecule has 2 atom stereocenters. The molecule has 1 heterocycles. The maximum Gasteiger partial charge on any atom is 0.327 e. The molecule has 172 valence electrons. The van der Waals surface area contributed by atoms with Gasteiger partial charge in [-0.3, -0.25) is 9.59 Å². The Morgan fingerprint density at radius 1 is 0.879 bits per heavy atom. The van der Waals surface area contributed by atoms with E-state index in [0.717, 1.165) is 22.3 Å². The molecular formula is C27H30N2O4. The molecule has 6 nitrogen and oxygen atoms in total. The van der Waals surface area contributed by atoms with Crippen LogP contribution in [-0.4, -0.2) is 33.4 Å². The minimum Gasteiger partial charge on any atom is -0.480 e. The van der Waals surface area contributed by atoms with E-state index in [9.17, 15) is 19.5 Å². The molecule has 0 aliphatic rings. The van der Waals surface area contributed by atoms with E-state index in [1.165, 1.54) is 11.5 Å². The van der Waals surface area contributed by atoms with Crippen molar-refractivity contribution in [1.82, 2.24) is 9.88 Å². The average Bonchev–Trinajstić information content (AvgIpc) is 3.27. The van der Waals surface area contributed by atoms with Crippen molar-refractivity contribution in [2.75, 3.05) is 0 Å². The third kappa shape index (κ3) is 6.42. The standard InChI is InChI=1S/C27H30N2O4/c1-18(2)15-24(19(3)30)28-26(31)16-25(27(32)33)29-14-13-23(17-29)22-11-9-21(10-12-22)20-7-5-4-6-8-20/h4-14,17-18,24-25H,15-16H2,1-3H3,(H,28,31)(H,32,33). The van der Waals surface area contributed by atoms with E-state index in [2.05, 4.69) is 5.32 Å². The highest BCUT2D eigenvalue weighted by Gasteiger charge is 2.26. The molecule has 2 unspecified atom stereocenters. The molecule has 0 fully saturated rings. The number of carboxylic acid groups (broad SMARTS) is 1. The second kappa shape index (κ2) is 10.8. The fourth-order valence-electron chi connectivity index (χ4n) is 3.81. The van der Waals surface area contributed by atoms with Crippen molar-refractivity contribution in [1.29, 1.82) is 0 Å². The minimum atomic E-state index is -1.10. The second-order valence-corrected chi connectivity index (χ2v) is 8.71. The first-order valence-electron chi connectivity index (χ1n) is 11.1. The van der Waals surface area contributed by atoms with Gasteiger partial charge < -0.3 is 15.0 Å². The van der Waals surface area contributed by atoms with Crippen molar-refractivity contribution in [3.05, 3.63) is 73.1 Å². The lowest BCUT2D eigenvalue weighted by Gasteiger charge is -2.20. The van der Waals surface area contributed by atoms with Crippen LogP contribution in [0.3, 0.4) is 0 Å². The highest BCUT2D eigenvalue weighted by Crippen LogP contribution is 2.26. The van der Waals surface area contributed by atoms with Gasteiger partial charge in [0, 0.05) is 12.4 Å². The Kier molecular flexibility index (Phi) is 7.83. The molecular weight excluding hydrogens is 416 g/mol. The van der Waals surface area contributed by atoms with Crippen molar-refractivity contribution in [2.24, 2.45) is 5.92 Å². The van der Waals surface area contributed by atoms with Gasteiger partial charge in [0.2, 0.25) is 5.91 Å². The van der Waals surface area contributed by atoms with Gasteiger partial charge in [-0.15, -0.1) is 0 Å². The van der Waals surface area contributed by atoms with Crippen LogP contribution in [0.2, 0.25) is 0 Å². The molecule has 1 amide bonds. The third-order valence-electron chi connectivity index (χ3n) is 5.60. The van der Waals surface area contributed by atoms with E-state index in [4.69, 9.17) is 0 Å². The fourth-order valence-corrected chi connectivity index (χ4v) is 3.81. The van der Waals surface area contributed by atoms with Gasteiger partial charge in [0.25, 0.3) is 0 Å². The number of ketones is 1. The first kappa shape index (κ1) is 24.0. The maximum absolute atomic E-state index is 12.5. The Hall–Kier alpha value is -3.67. The zero-order valence-corrected chi connectivity index (χ0v) is 19.2. The second-order valence-electron chi connectivity index (χ2n) is 8.71. The van der Waals surface area contributed by atoms with Crippen LogP contribution in [0, 0.1) is 5.92 Å². The molecule has 0 bridgehead atoms. The van der Waals surface area contributed by atoms with Crippen molar-refractivity contribution in [3.63, 3.8) is 0 Å². The monoisotopic (exact) mass is 446 g/mol. The van der Waals surface area contributed by atoms with Gasteiger partial charge in [-0.1, -0.05) is 68.4 Å². The van der Waals surface area contributed by atoms with E-state index in [1.54, 1.807) is 12.4 Å². The number of carbonyl (C=O) groups excluding carboxylic acids is 2. The third-order valence-corrected chi connectivity index (χ3v) is 5.60. The van der Waals surface area contributed by atoms with E-state index in [0.29, 0.717) is 6.42 Å². The normalized spacial score (nSPS) is 12.8. The number of nitrogens with one attached hydrogen (secondary N) is 1. The topological polar surface area (TPSA) is 88.4 Å². The summed E-state index contributed by atoms with van der Waals surface area (Å²) in [6, 6.07) is 18.3. The van der Waals surface area contributed by atoms with Crippen LogP contribution in [0.1, 0.15) is 39.7 Å². The van der Waals surface area contributed by atoms with Crippen LogP contribution >= 0.6 is 0 Å². The van der Waals surface area contributed by atoms with Gasteiger partial charge in [0.15, 0.2) is 5.78 Å². The number of carbonyl (C=O) groups is 3. The molecule has 0 radical (unpaired) electrons. The highest BCUT2D eigenvalue weighted by atomic mass is 16.4. The van der Waals surface area contributed by atoms with Gasteiger partial charge in [-0.05, 0) is 47.6 Å². The lowest BCUT2D eigenvalue weighted by molar-refractivity contribution is -0.143. The van der Waals surface area contributed by atoms with Gasteiger partial charge in [-0.2, -0.15) is 0 Å². The summed E-state index contributed by atoms with van der Waals surface area (Å²) in [4.78, 5) is 36.3. The summed E-state index contributed by atoms with van der Waals surface area (Å²) in [5.41, 5.74) is 4.04. The minimum absolute atomic E-state index is 0.133. The van der Waals surface area contributed by atoms with Crippen LogP contribution in [0.5, 0.6) is 0 Å². The first-order valence-corrected chi connectivity index (χ1v) is 11.1. The van der Waals surface area contributed by atoms with Crippen LogP contribution in [0.15, 0.2) is 73.1 Å². The van der Waals surface area contributed by atoms with Crippen LogP contribution < -0.4 is 5.32 Å². The summed E-state index contributed by atoms with van der Waals surface area (Å²) in [5, 5.41) is 12.4. The summed E-state index contributed by atoms with van der Waals surface area (Å²) in [6.45, 7) is 5.37. The number of rotatable bonds is 10. The number of benzene rings is 2. The van der Waals surface area contributed by atoms with Gasteiger partial charge in [0.05, 0.1) is 12.5 Å². The van der Waals surface area contributed by atoms with E-state index in [-0.39, 0.29) is 18.1 Å². The quantitative estimate of drug-likeness (QED) is 0.461. The van der Waals surface area contributed by atoms with Crippen molar-refractivity contribution in [3.8, 4) is 22.3 Å². The molecule has 0 spiro atoms. The largest absolute Gasteiger partial charge is 0.480 e. The van der Waals surface area contributed by atoms with Crippen LogP contribution in [0.4, 0.5) is 0 Å². The number of Topliss-reactive ketones (excluding diaryl/α,β-unsaturated/α-hetero) is 1. The summed E-state index contributed by atoms with van der Waals surface area (Å²) in [5.74, 6) is -1.46. The number of carboxylic acids is 1. The summed E-state index contributed by atoms with van der Waals surface area (Å²) in [6.07, 6.45) is 3.67.